The number of amides is 1. The Balaban J connectivity index is -0.000000216. The maximum atomic E-state index is 11.8. The number of carbonyl (C=O) groups is 4. The number of hydrogen-bond donors (Lipinski definition) is 2. The number of hydrogen-bond acceptors (Lipinski definition) is 7. The summed E-state index contributed by atoms with van der Waals surface area (Å²) < 4.78 is 14.3. The summed E-state index contributed by atoms with van der Waals surface area (Å²) >= 11 is 0. The minimum atomic E-state index is -0.250. The Kier molecular flexibility index (Phi) is 27.2. The second-order valence-corrected chi connectivity index (χ2v) is 6.52. The molecule has 1 aliphatic carbocycles. The van der Waals surface area contributed by atoms with Crippen LogP contribution in [-0.4, -0.2) is 56.9 Å². The lowest BCUT2D eigenvalue weighted by molar-refractivity contribution is -0.150. The van der Waals surface area contributed by atoms with Crippen LogP contribution in [0.1, 0.15) is 61.3 Å². The van der Waals surface area contributed by atoms with E-state index in [1.54, 1.807) is 41.9 Å². The van der Waals surface area contributed by atoms with Gasteiger partial charge in [0.15, 0.2) is 0 Å². The number of primary amides is 1. The summed E-state index contributed by atoms with van der Waals surface area (Å²) in [7, 11) is 3.25. The molecule has 0 aliphatic heterocycles. The van der Waals surface area contributed by atoms with Crippen LogP contribution in [0.25, 0.3) is 0 Å². The highest BCUT2D eigenvalue weighted by molar-refractivity contribution is 5.78. The van der Waals surface area contributed by atoms with Gasteiger partial charge in [0.1, 0.15) is 0 Å². The summed E-state index contributed by atoms with van der Waals surface area (Å²) in [5.41, 5.74) is 4.80. The standard InChI is InChI=1S/C13H22O4.C4H9NO.C2H6O.CH2O2.CH4/c1-4-9-7-10(12(14)16-5-2)8-11(9)13(15)17-6-3;1-3(2)4(5)6;1-3-2;2-1-3;/h9-11H,4-8H2,1-3H3;3H,1-2H3,(H2,5,6);1-2H3;1H,(H,2,3);1H4. The van der Waals surface area contributed by atoms with Gasteiger partial charge in [-0.1, -0.05) is 34.6 Å². The van der Waals surface area contributed by atoms with Crippen LogP contribution in [0.3, 0.4) is 0 Å². The number of carboxylic acid groups (broad SMARTS) is 1. The Labute approximate surface area is 181 Å². The SMILES string of the molecule is C.CC(C)C(N)=O.CCOC(=O)C1CC(CC)C(C(=O)OCC)C1.COC.O=CO. The average Bonchev–Trinajstić information content (AvgIpc) is 3.08. The molecule has 180 valence electrons. The van der Waals surface area contributed by atoms with Crippen LogP contribution < -0.4 is 5.73 Å². The van der Waals surface area contributed by atoms with Crippen LogP contribution in [0.15, 0.2) is 0 Å². The Morgan fingerprint density at radius 1 is 1.03 bits per heavy atom. The largest absolute Gasteiger partial charge is 0.483 e. The third-order valence-electron chi connectivity index (χ3n) is 4.00. The molecule has 0 heterocycles. The molecule has 1 fully saturated rings. The van der Waals surface area contributed by atoms with Crippen molar-refractivity contribution in [3.63, 3.8) is 0 Å². The van der Waals surface area contributed by atoms with Crippen LogP contribution in [0, 0.1) is 23.7 Å². The highest BCUT2D eigenvalue weighted by Gasteiger charge is 2.42. The fraction of sp³-hybridized carbons (Fsp3) is 0.810. The summed E-state index contributed by atoms with van der Waals surface area (Å²) in [6, 6.07) is 0. The van der Waals surface area contributed by atoms with Crippen LogP contribution in [0.5, 0.6) is 0 Å². The van der Waals surface area contributed by atoms with E-state index in [0.29, 0.717) is 19.6 Å². The minimum absolute atomic E-state index is 0. The molecule has 1 amide bonds. The summed E-state index contributed by atoms with van der Waals surface area (Å²) in [4.78, 5) is 41.7. The van der Waals surface area contributed by atoms with Gasteiger partial charge < -0.3 is 25.1 Å². The zero-order valence-corrected chi connectivity index (χ0v) is 18.8. The third kappa shape index (κ3) is 17.9. The number of methoxy groups -OCH3 is 1. The third-order valence-corrected chi connectivity index (χ3v) is 4.00. The van der Waals surface area contributed by atoms with E-state index in [-0.39, 0.29) is 55.4 Å². The van der Waals surface area contributed by atoms with Gasteiger partial charge in [-0.3, -0.25) is 19.2 Å². The quantitative estimate of drug-likeness (QED) is 0.477. The lowest BCUT2D eigenvalue weighted by Crippen LogP contribution is -2.21. The van der Waals surface area contributed by atoms with Crippen molar-refractivity contribution in [1.82, 2.24) is 0 Å². The van der Waals surface area contributed by atoms with Gasteiger partial charge in [0.25, 0.3) is 6.47 Å². The van der Waals surface area contributed by atoms with E-state index in [1.807, 2.05) is 6.92 Å². The molecule has 9 nitrogen and oxygen atoms in total. The van der Waals surface area contributed by atoms with Gasteiger partial charge in [-0.25, -0.2) is 0 Å². The van der Waals surface area contributed by atoms with E-state index >= 15 is 0 Å². The molecule has 1 rings (SSSR count). The molecular formula is C21H43NO8. The van der Waals surface area contributed by atoms with E-state index < -0.39 is 0 Å². The maximum absolute atomic E-state index is 11.8. The van der Waals surface area contributed by atoms with E-state index in [0.717, 1.165) is 12.8 Å². The molecule has 9 heteroatoms. The zero-order valence-electron chi connectivity index (χ0n) is 18.8. The fourth-order valence-electron chi connectivity index (χ4n) is 2.57. The van der Waals surface area contributed by atoms with Crippen molar-refractivity contribution in [2.24, 2.45) is 29.4 Å². The Morgan fingerprint density at radius 2 is 1.40 bits per heavy atom. The van der Waals surface area contributed by atoms with Gasteiger partial charge >= 0.3 is 11.9 Å². The Hall–Kier alpha value is -2.16. The predicted molar refractivity (Wildman–Crippen MR) is 116 cm³/mol. The van der Waals surface area contributed by atoms with Gasteiger partial charge in [-0.2, -0.15) is 0 Å². The molecule has 1 aliphatic rings. The number of rotatable bonds is 6. The smallest absolute Gasteiger partial charge is 0.309 e. The average molecular weight is 438 g/mol. The molecule has 1 saturated carbocycles. The molecule has 0 bridgehead atoms. The first-order valence-electron chi connectivity index (χ1n) is 9.71. The first-order valence-corrected chi connectivity index (χ1v) is 9.71. The van der Waals surface area contributed by atoms with Crippen LogP contribution in [0.2, 0.25) is 0 Å². The summed E-state index contributed by atoms with van der Waals surface area (Å²) in [5.74, 6) is -0.587. The lowest BCUT2D eigenvalue weighted by Gasteiger charge is -2.15. The van der Waals surface area contributed by atoms with Gasteiger partial charge in [0.2, 0.25) is 5.91 Å². The summed E-state index contributed by atoms with van der Waals surface area (Å²) in [6.07, 6.45) is 2.23. The van der Waals surface area contributed by atoms with Gasteiger partial charge in [-0.05, 0) is 32.6 Å². The van der Waals surface area contributed by atoms with Crippen molar-refractivity contribution in [2.45, 2.75) is 61.3 Å². The molecule has 3 atom stereocenters. The first kappa shape index (κ1) is 35.3. The highest BCUT2D eigenvalue weighted by atomic mass is 16.5. The molecule has 0 aromatic heterocycles. The highest BCUT2D eigenvalue weighted by Crippen LogP contribution is 2.39. The van der Waals surface area contributed by atoms with E-state index in [9.17, 15) is 14.4 Å². The molecule has 3 N–H and O–H groups in total. The first-order chi connectivity index (χ1) is 13.6. The Morgan fingerprint density at radius 3 is 1.70 bits per heavy atom. The van der Waals surface area contributed by atoms with Crippen molar-refractivity contribution >= 4 is 24.3 Å². The van der Waals surface area contributed by atoms with E-state index in [2.05, 4.69) is 4.74 Å². The van der Waals surface area contributed by atoms with Crippen LogP contribution in [-0.2, 0) is 33.4 Å². The predicted octanol–water partition coefficient (Wildman–Crippen LogP) is 2.89. The molecule has 30 heavy (non-hydrogen) atoms. The van der Waals surface area contributed by atoms with Crippen molar-refractivity contribution in [2.75, 3.05) is 27.4 Å². The second kappa shape index (κ2) is 23.1. The van der Waals surface area contributed by atoms with Crippen molar-refractivity contribution in [3.05, 3.63) is 0 Å². The molecule has 3 unspecified atom stereocenters. The summed E-state index contributed by atoms with van der Waals surface area (Å²) in [6.45, 7) is 9.73. The van der Waals surface area contributed by atoms with E-state index in [4.69, 9.17) is 25.1 Å². The number of ether oxygens (including phenoxy) is 3. The molecule has 0 aromatic rings. The van der Waals surface area contributed by atoms with E-state index in [1.165, 1.54) is 0 Å². The van der Waals surface area contributed by atoms with Gasteiger partial charge in [0.05, 0.1) is 25.0 Å². The number of nitrogens with two attached hydrogens (primary N) is 1. The fourth-order valence-corrected chi connectivity index (χ4v) is 2.57. The molecular weight excluding hydrogens is 394 g/mol. The zero-order chi connectivity index (χ0) is 23.4. The van der Waals surface area contributed by atoms with Crippen molar-refractivity contribution in [3.8, 4) is 0 Å². The molecule has 0 saturated heterocycles. The van der Waals surface area contributed by atoms with Crippen LogP contribution >= 0.6 is 0 Å². The topological polar surface area (TPSA) is 142 Å². The lowest BCUT2D eigenvalue weighted by atomic mass is 9.94. The number of esters is 2. The monoisotopic (exact) mass is 437 g/mol. The molecule has 0 spiro atoms. The maximum Gasteiger partial charge on any atom is 0.309 e. The second-order valence-electron chi connectivity index (χ2n) is 6.52. The van der Waals surface area contributed by atoms with Crippen LogP contribution in [0.4, 0.5) is 0 Å². The molecule has 0 aromatic carbocycles. The van der Waals surface area contributed by atoms with Gasteiger partial charge in [-0.15, -0.1) is 0 Å². The Bertz CT molecular complexity index is 454. The van der Waals surface area contributed by atoms with Crippen molar-refractivity contribution in [1.29, 1.82) is 0 Å². The van der Waals surface area contributed by atoms with Crippen molar-refractivity contribution < 1.29 is 38.5 Å². The summed E-state index contributed by atoms with van der Waals surface area (Å²) in [5, 5.41) is 6.89. The number of carbonyl (C=O) groups excluding carboxylic acids is 3. The normalized spacial score (nSPS) is 18.6. The van der Waals surface area contributed by atoms with Gasteiger partial charge in [0, 0.05) is 20.1 Å². The minimum Gasteiger partial charge on any atom is -0.483 e. The molecule has 0 radical (unpaired) electrons.